The first-order chi connectivity index (χ1) is 14.4. The summed E-state index contributed by atoms with van der Waals surface area (Å²) in [5, 5.41) is 7.48. The summed E-state index contributed by atoms with van der Waals surface area (Å²) < 4.78 is 2.69. The predicted molar refractivity (Wildman–Crippen MR) is 123 cm³/mol. The molecule has 1 aromatic heterocycles. The highest BCUT2D eigenvalue weighted by Crippen LogP contribution is 2.24. The third-order valence-electron chi connectivity index (χ3n) is 4.79. The van der Waals surface area contributed by atoms with Crippen molar-refractivity contribution in [1.29, 1.82) is 0 Å². The molecule has 4 aromatic rings. The Morgan fingerprint density at radius 1 is 0.933 bits per heavy atom. The Balaban J connectivity index is 1.76. The topological polar surface area (TPSA) is 59.8 Å². The van der Waals surface area contributed by atoms with Crippen molar-refractivity contribution in [3.63, 3.8) is 0 Å². The van der Waals surface area contributed by atoms with E-state index in [0.717, 1.165) is 38.1 Å². The molecule has 5 nitrogen and oxygen atoms in total. The molecule has 1 amide bonds. The summed E-state index contributed by atoms with van der Waals surface area (Å²) in [6.07, 6.45) is 0. The molecule has 0 unspecified atom stereocenters. The Hall–Kier alpha value is -3.25. The first-order valence-corrected chi connectivity index (χ1v) is 10.4. The lowest BCUT2D eigenvalue weighted by Gasteiger charge is -2.07. The third-order valence-corrected chi connectivity index (χ3v) is 5.32. The zero-order valence-electron chi connectivity index (χ0n) is 17.0. The second kappa shape index (κ2) is 8.24. The molecule has 0 radical (unpaired) electrons. The largest absolute Gasteiger partial charge is 0.319 e. The fourth-order valence-electron chi connectivity index (χ4n) is 3.27. The van der Waals surface area contributed by atoms with Crippen LogP contribution in [0.3, 0.4) is 0 Å². The Kier molecular flexibility index (Phi) is 5.50. The maximum Gasteiger partial charge on any atom is 0.295 e. The molecule has 0 spiro atoms. The number of anilines is 1. The molecule has 1 heterocycles. The number of hydrogen-bond donors (Lipinski definition) is 1. The van der Waals surface area contributed by atoms with Gasteiger partial charge >= 0.3 is 0 Å². The molecule has 0 atom stereocenters. The van der Waals surface area contributed by atoms with Crippen LogP contribution in [-0.4, -0.2) is 20.7 Å². The maximum atomic E-state index is 12.9. The average molecular weight is 461 g/mol. The Bertz CT molecular complexity index is 1230. The minimum atomic E-state index is -0.341. The molecule has 30 heavy (non-hydrogen) atoms. The number of carbonyl (C=O) groups is 1. The van der Waals surface area contributed by atoms with Crippen LogP contribution in [0.5, 0.6) is 0 Å². The SMILES string of the molecule is Cc1cccc(-n2nc(C(=O)Nc3ccc(C)cc3C)nc2-c2ccc(Br)cc2)c1. The van der Waals surface area contributed by atoms with Crippen LogP contribution in [0.1, 0.15) is 27.3 Å². The normalized spacial score (nSPS) is 10.8. The summed E-state index contributed by atoms with van der Waals surface area (Å²) in [5.41, 5.74) is 5.72. The first kappa shape index (κ1) is 20.0. The Morgan fingerprint density at radius 2 is 1.67 bits per heavy atom. The number of carbonyl (C=O) groups excluding carboxylic acids is 1. The number of aromatic nitrogens is 3. The summed E-state index contributed by atoms with van der Waals surface area (Å²) in [7, 11) is 0. The van der Waals surface area contributed by atoms with Gasteiger partial charge in [-0.25, -0.2) is 9.67 Å². The fraction of sp³-hybridized carbons (Fsp3) is 0.125. The van der Waals surface area contributed by atoms with Crippen molar-refractivity contribution in [3.05, 3.63) is 93.7 Å². The van der Waals surface area contributed by atoms with Gasteiger partial charge in [0.1, 0.15) is 0 Å². The number of amides is 1. The van der Waals surface area contributed by atoms with E-state index in [1.807, 2.05) is 87.5 Å². The van der Waals surface area contributed by atoms with Crippen LogP contribution in [0, 0.1) is 20.8 Å². The van der Waals surface area contributed by atoms with E-state index in [-0.39, 0.29) is 11.7 Å². The summed E-state index contributed by atoms with van der Waals surface area (Å²) in [6.45, 7) is 6.01. The number of halogens is 1. The van der Waals surface area contributed by atoms with Crippen LogP contribution in [-0.2, 0) is 0 Å². The van der Waals surface area contributed by atoms with E-state index in [9.17, 15) is 4.79 Å². The molecule has 0 saturated heterocycles. The molecular weight excluding hydrogens is 440 g/mol. The van der Waals surface area contributed by atoms with Gasteiger partial charge < -0.3 is 5.32 Å². The predicted octanol–water partition coefficient (Wildman–Crippen LogP) is 5.87. The van der Waals surface area contributed by atoms with Gasteiger partial charge in [0, 0.05) is 15.7 Å². The standard InChI is InChI=1S/C24H21BrN4O/c1-15-5-4-6-20(14-15)29-23(18-8-10-19(25)11-9-18)27-22(28-29)24(30)26-21-12-7-16(2)13-17(21)3/h4-14H,1-3H3,(H,26,30). The third kappa shape index (κ3) is 4.19. The van der Waals surface area contributed by atoms with E-state index >= 15 is 0 Å². The molecule has 0 saturated carbocycles. The second-order valence-electron chi connectivity index (χ2n) is 7.29. The quantitative estimate of drug-likeness (QED) is 0.413. The van der Waals surface area contributed by atoms with Crippen molar-refractivity contribution in [2.75, 3.05) is 5.32 Å². The number of hydrogen-bond acceptors (Lipinski definition) is 3. The van der Waals surface area contributed by atoms with Gasteiger partial charge in [-0.05, 0) is 62.2 Å². The van der Waals surface area contributed by atoms with Crippen molar-refractivity contribution in [2.24, 2.45) is 0 Å². The minimum Gasteiger partial charge on any atom is -0.319 e. The molecule has 0 fully saturated rings. The molecule has 0 aliphatic heterocycles. The zero-order valence-corrected chi connectivity index (χ0v) is 18.6. The van der Waals surface area contributed by atoms with E-state index in [2.05, 4.69) is 31.3 Å². The number of nitrogens with zero attached hydrogens (tertiary/aromatic N) is 3. The smallest absolute Gasteiger partial charge is 0.295 e. The molecule has 0 aliphatic rings. The van der Waals surface area contributed by atoms with Crippen molar-refractivity contribution < 1.29 is 4.79 Å². The minimum absolute atomic E-state index is 0.120. The van der Waals surface area contributed by atoms with Crippen molar-refractivity contribution in [2.45, 2.75) is 20.8 Å². The monoisotopic (exact) mass is 460 g/mol. The molecule has 0 bridgehead atoms. The van der Waals surface area contributed by atoms with Gasteiger partial charge in [0.25, 0.3) is 5.91 Å². The van der Waals surface area contributed by atoms with Gasteiger partial charge in [-0.1, -0.05) is 57.9 Å². The van der Waals surface area contributed by atoms with Gasteiger partial charge in [0.05, 0.1) is 5.69 Å². The highest BCUT2D eigenvalue weighted by Gasteiger charge is 2.19. The van der Waals surface area contributed by atoms with E-state index < -0.39 is 0 Å². The van der Waals surface area contributed by atoms with E-state index in [1.165, 1.54) is 0 Å². The Labute approximate surface area is 183 Å². The number of nitrogens with one attached hydrogen (secondary N) is 1. The van der Waals surface area contributed by atoms with E-state index in [0.29, 0.717) is 5.82 Å². The lowest BCUT2D eigenvalue weighted by atomic mass is 10.1. The Morgan fingerprint density at radius 3 is 2.37 bits per heavy atom. The van der Waals surface area contributed by atoms with Crippen LogP contribution in [0.2, 0.25) is 0 Å². The maximum absolute atomic E-state index is 12.9. The fourth-order valence-corrected chi connectivity index (χ4v) is 3.53. The van der Waals surface area contributed by atoms with Gasteiger partial charge in [-0.3, -0.25) is 4.79 Å². The van der Waals surface area contributed by atoms with Crippen LogP contribution in [0.15, 0.2) is 71.2 Å². The van der Waals surface area contributed by atoms with Gasteiger partial charge in [0.2, 0.25) is 5.82 Å². The van der Waals surface area contributed by atoms with E-state index in [1.54, 1.807) is 4.68 Å². The summed E-state index contributed by atoms with van der Waals surface area (Å²) >= 11 is 3.46. The summed E-state index contributed by atoms with van der Waals surface area (Å²) in [5.74, 6) is 0.389. The molecular formula is C24H21BrN4O. The van der Waals surface area contributed by atoms with E-state index in [4.69, 9.17) is 0 Å². The lowest BCUT2D eigenvalue weighted by molar-refractivity contribution is 0.101. The first-order valence-electron chi connectivity index (χ1n) is 9.59. The second-order valence-corrected chi connectivity index (χ2v) is 8.20. The molecule has 3 aromatic carbocycles. The number of aryl methyl sites for hydroxylation is 3. The number of benzene rings is 3. The van der Waals surface area contributed by atoms with Crippen LogP contribution < -0.4 is 5.32 Å². The molecule has 0 aliphatic carbocycles. The van der Waals surface area contributed by atoms with Gasteiger partial charge in [0.15, 0.2) is 5.82 Å². The van der Waals surface area contributed by atoms with Crippen molar-refractivity contribution >= 4 is 27.5 Å². The van der Waals surface area contributed by atoms with Crippen LogP contribution in [0.4, 0.5) is 5.69 Å². The number of rotatable bonds is 4. The average Bonchev–Trinajstić information content (AvgIpc) is 3.16. The summed E-state index contributed by atoms with van der Waals surface area (Å²) in [4.78, 5) is 17.5. The van der Waals surface area contributed by atoms with Gasteiger partial charge in [-0.15, -0.1) is 5.10 Å². The van der Waals surface area contributed by atoms with Crippen LogP contribution >= 0.6 is 15.9 Å². The molecule has 6 heteroatoms. The van der Waals surface area contributed by atoms with Crippen molar-refractivity contribution in [1.82, 2.24) is 14.8 Å². The summed E-state index contributed by atoms with van der Waals surface area (Å²) in [6, 6.07) is 21.6. The highest BCUT2D eigenvalue weighted by atomic mass is 79.9. The van der Waals surface area contributed by atoms with Crippen LogP contribution in [0.25, 0.3) is 17.1 Å². The van der Waals surface area contributed by atoms with Gasteiger partial charge in [-0.2, -0.15) is 0 Å². The molecule has 1 N–H and O–H groups in total. The highest BCUT2D eigenvalue weighted by molar-refractivity contribution is 9.10. The molecule has 150 valence electrons. The van der Waals surface area contributed by atoms with Crippen molar-refractivity contribution in [3.8, 4) is 17.1 Å². The lowest BCUT2D eigenvalue weighted by Crippen LogP contribution is -2.15. The zero-order chi connectivity index (χ0) is 21.3. The molecule has 4 rings (SSSR count).